The van der Waals surface area contributed by atoms with Gasteiger partial charge in [0.05, 0.1) is 26.0 Å². The number of guanidine groups is 1. The molecule has 3 rings (SSSR count). The van der Waals surface area contributed by atoms with Crippen molar-refractivity contribution in [2.24, 2.45) is 4.99 Å². The molecule has 30 heavy (non-hydrogen) atoms. The van der Waals surface area contributed by atoms with Crippen LogP contribution in [0.15, 0.2) is 33.9 Å². The van der Waals surface area contributed by atoms with Gasteiger partial charge in [0.15, 0.2) is 5.11 Å². The molecule has 0 radical (unpaired) electrons. The van der Waals surface area contributed by atoms with Crippen molar-refractivity contribution in [3.8, 4) is 0 Å². The molecule has 0 spiro atoms. The number of rotatable bonds is 7. The number of morpholine rings is 1. The Bertz CT molecular complexity index is 815. The molecular formula is C20H29N7O2S. The van der Waals surface area contributed by atoms with Crippen LogP contribution in [0.4, 0.5) is 5.95 Å². The molecule has 0 atom stereocenters. The molecule has 0 saturated carbocycles. The molecule has 0 bridgehead atoms. The maximum Gasteiger partial charge on any atom is 0.229 e. The molecule has 0 unspecified atom stereocenters. The van der Waals surface area contributed by atoms with Crippen molar-refractivity contribution in [1.29, 1.82) is 0 Å². The number of hydrogen-bond donors (Lipinski definition) is 3. The van der Waals surface area contributed by atoms with E-state index in [1.807, 2.05) is 32.0 Å². The number of aryl methyl sites for hydroxylation is 2. The normalized spacial score (nSPS) is 15.1. The highest BCUT2D eigenvalue weighted by Crippen LogP contribution is 2.04. The fraction of sp³-hybridized carbons (Fsp3) is 0.500. The molecule has 162 valence electrons. The first-order chi connectivity index (χ1) is 14.6. The van der Waals surface area contributed by atoms with Crippen molar-refractivity contribution in [2.45, 2.75) is 26.8 Å². The van der Waals surface area contributed by atoms with Crippen LogP contribution in [0.1, 0.15) is 23.6 Å². The Labute approximate surface area is 182 Å². The molecule has 10 heteroatoms. The summed E-state index contributed by atoms with van der Waals surface area (Å²) in [6.45, 7) is 9.55. The molecular weight excluding hydrogens is 402 g/mol. The number of ether oxygens (including phenoxy) is 1. The minimum absolute atomic E-state index is 0.440. The van der Waals surface area contributed by atoms with Gasteiger partial charge in [-0.3, -0.25) is 15.2 Å². The number of anilines is 1. The molecule has 0 aliphatic carbocycles. The number of nitrogens with one attached hydrogen (secondary N) is 3. The van der Waals surface area contributed by atoms with E-state index in [9.17, 15) is 0 Å². The van der Waals surface area contributed by atoms with Crippen LogP contribution >= 0.6 is 12.2 Å². The van der Waals surface area contributed by atoms with Crippen molar-refractivity contribution >= 4 is 29.2 Å². The van der Waals surface area contributed by atoms with E-state index in [0.717, 1.165) is 56.4 Å². The van der Waals surface area contributed by atoms with Gasteiger partial charge in [-0.1, -0.05) is 0 Å². The van der Waals surface area contributed by atoms with Gasteiger partial charge in [-0.05, 0) is 50.7 Å². The average molecular weight is 432 g/mol. The highest BCUT2D eigenvalue weighted by molar-refractivity contribution is 7.80. The van der Waals surface area contributed by atoms with Gasteiger partial charge in [0.2, 0.25) is 11.9 Å². The number of thiocarbonyl (C=S) groups is 1. The van der Waals surface area contributed by atoms with Crippen LogP contribution in [-0.2, 0) is 11.3 Å². The maximum atomic E-state index is 5.40. The Balaban J connectivity index is 1.56. The molecule has 0 aromatic carbocycles. The minimum Gasteiger partial charge on any atom is -0.467 e. The number of aliphatic imine (C=N–C) groups is 1. The number of nitrogens with zero attached hydrogens (tertiary/aromatic N) is 4. The van der Waals surface area contributed by atoms with Crippen molar-refractivity contribution in [2.75, 3.05) is 44.7 Å². The fourth-order valence-electron chi connectivity index (χ4n) is 3.04. The van der Waals surface area contributed by atoms with Gasteiger partial charge >= 0.3 is 0 Å². The van der Waals surface area contributed by atoms with Crippen molar-refractivity contribution in [3.05, 3.63) is 41.6 Å². The molecule has 2 aromatic rings. The average Bonchev–Trinajstić information content (AvgIpc) is 3.23. The summed E-state index contributed by atoms with van der Waals surface area (Å²) in [4.78, 5) is 15.9. The monoisotopic (exact) mass is 431 g/mol. The molecule has 3 heterocycles. The van der Waals surface area contributed by atoms with E-state index in [1.54, 1.807) is 6.26 Å². The van der Waals surface area contributed by atoms with Gasteiger partial charge in [0, 0.05) is 37.6 Å². The van der Waals surface area contributed by atoms with Gasteiger partial charge in [-0.2, -0.15) is 0 Å². The summed E-state index contributed by atoms with van der Waals surface area (Å²) in [5, 5.41) is 9.81. The second-order valence-electron chi connectivity index (χ2n) is 7.02. The van der Waals surface area contributed by atoms with Crippen LogP contribution in [0.5, 0.6) is 0 Å². The van der Waals surface area contributed by atoms with E-state index >= 15 is 0 Å². The highest BCUT2D eigenvalue weighted by atomic mass is 32.1. The predicted octanol–water partition coefficient (Wildman–Crippen LogP) is 1.84. The minimum atomic E-state index is 0.440. The molecule has 1 aliphatic heterocycles. The smallest absolute Gasteiger partial charge is 0.229 e. The van der Waals surface area contributed by atoms with Crippen molar-refractivity contribution in [1.82, 2.24) is 25.5 Å². The number of aromatic nitrogens is 2. The third kappa shape index (κ3) is 7.69. The lowest BCUT2D eigenvalue weighted by atomic mass is 10.3. The van der Waals surface area contributed by atoms with E-state index in [0.29, 0.717) is 30.1 Å². The first kappa shape index (κ1) is 22.1. The second-order valence-corrected chi connectivity index (χ2v) is 7.43. The van der Waals surface area contributed by atoms with Gasteiger partial charge < -0.3 is 19.8 Å². The van der Waals surface area contributed by atoms with Crippen LogP contribution in [0.25, 0.3) is 0 Å². The summed E-state index contributed by atoms with van der Waals surface area (Å²) in [5.41, 5.74) is 1.77. The maximum absolute atomic E-state index is 5.40. The zero-order valence-corrected chi connectivity index (χ0v) is 18.3. The van der Waals surface area contributed by atoms with E-state index in [-0.39, 0.29) is 0 Å². The van der Waals surface area contributed by atoms with Crippen LogP contribution in [0.3, 0.4) is 0 Å². The summed E-state index contributed by atoms with van der Waals surface area (Å²) in [5.74, 6) is 1.80. The molecule has 2 aromatic heterocycles. The second kappa shape index (κ2) is 11.6. The first-order valence-corrected chi connectivity index (χ1v) is 10.5. The molecule has 3 N–H and O–H groups in total. The summed E-state index contributed by atoms with van der Waals surface area (Å²) in [7, 11) is 0. The van der Waals surface area contributed by atoms with Crippen LogP contribution in [0.2, 0.25) is 0 Å². The van der Waals surface area contributed by atoms with E-state index in [4.69, 9.17) is 21.4 Å². The Kier molecular flexibility index (Phi) is 8.54. The molecule has 1 aliphatic rings. The lowest BCUT2D eigenvalue weighted by molar-refractivity contribution is 0.0377. The predicted molar refractivity (Wildman–Crippen MR) is 121 cm³/mol. The summed E-state index contributed by atoms with van der Waals surface area (Å²) in [6.07, 6.45) is 2.57. The molecule has 9 nitrogen and oxygen atoms in total. The van der Waals surface area contributed by atoms with Crippen LogP contribution in [-0.4, -0.2) is 65.3 Å². The van der Waals surface area contributed by atoms with E-state index < -0.39 is 0 Å². The highest BCUT2D eigenvalue weighted by Gasteiger charge is 2.10. The van der Waals surface area contributed by atoms with E-state index in [1.165, 1.54) is 0 Å². The number of furan rings is 1. The Morgan fingerprint density at radius 3 is 2.70 bits per heavy atom. The van der Waals surface area contributed by atoms with Crippen LogP contribution in [0, 0.1) is 13.8 Å². The zero-order chi connectivity index (χ0) is 21.2. The third-order valence-corrected chi connectivity index (χ3v) is 4.70. The standard InChI is InChI=1S/C20H29N7O2S/c1-15-13-16(2)24-19(23-15)25-18(21-6-4-7-27-8-11-28-12-9-27)26-20(30)22-14-17-5-3-10-29-17/h3,5,10,13H,4,6-9,11-12,14H2,1-2H3,(H3,21,22,23,24,25,26,30). The summed E-state index contributed by atoms with van der Waals surface area (Å²) < 4.78 is 10.7. The fourth-order valence-corrected chi connectivity index (χ4v) is 3.21. The largest absolute Gasteiger partial charge is 0.467 e. The molecule has 1 fully saturated rings. The SMILES string of the molecule is Cc1cc(C)nc(NC(=NCCCN2CCOCC2)NC(=S)NCc2ccco2)n1. The van der Waals surface area contributed by atoms with E-state index in [2.05, 4.69) is 35.8 Å². The molecule has 0 amide bonds. The topological polar surface area (TPSA) is 99.8 Å². The van der Waals surface area contributed by atoms with Gasteiger partial charge in [0.1, 0.15) is 5.76 Å². The third-order valence-electron chi connectivity index (χ3n) is 4.45. The summed E-state index contributed by atoms with van der Waals surface area (Å²) in [6, 6.07) is 5.65. The Hall–Kier alpha value is -2.56. The van der Waals surface area contributed by atoms with Gasteiger partial charge in [-0.15, -0.1) is 0 Å². The quantitative estimate of drug-likeness (QED) is 0.262. The Morgan fingerprint density at radius 1 is 1.23 bits per heavy atom. The van der Waals surface area contributed by atoms with Crippen molar-refractivity contribution in [3.63, 3.8) is 0 Å². The van der Waals surface area contributed by atoms with Gasteiger partial charge in [-0.25, -0.2) is 9.97 Å². The van der Waals surface area contributed by atoms with Crippen molar-refractivity contribution < 1.29 is 9.15 Å². The Morgan fingerprint density at radius 2 is 2.00 bits per heavy atom. The number of hydrogen-bond acceptors (Lipinski definition) is 7. The first-order valence-electron chi connectivity index (χ1n) is 10.1. The van der Waals surface area contributed by atoms with Gasteiger partial charge in [0.25, 0.3) is 0 Å². The lowest BCUT2D eigenvalue weighted by Gasteiger charge is -2.26. The summed E-state index contributed by atoms with van der Waals surface area (Å²) >= 11 is 5.40. The molecule has 1 saturated heterocycles. The van der Waals surface area contributed by atoms with Crippen LogP contribution < -0.4 is 16.0 Å². The zero-order valence-electron chi connectivity index (χ0n) is 17.5. The lowest BCUT2D eigenvalue weighted by Crippen LogP contribution is -2.42.